The van der Waals surface area contributed by atoms with Crippen molar-refractivity contribution in [1.82, 2.24) is 19.5 Å². The molecule has 2 N–H and O–H groups in total. The zero-order valence-electron chi connectivity index (χ0n) is 10.7. The molecule has 102 valence electrons. The van der Waals surface area contributed by atoms with Gasteiger partial charge in [-0.15, -0.1) is 0 Å². The highest BCUT2D eigenvalue weighted by molar-refractivity contribution is 6.28. The lowest BCUT2D eigenvalue weighted by molar-refractivity contribution is 0.474. The van der Waals surface area contributed by atoms with Gasteiger partial charge in [0.05, 0.1) is 6.33 Å². The molecule has 0 saturated carbocycles. The summed E-state index contributed by atoms with van der Waals surface area (Å²) in [7, 11) is 1.84. The van der Waals surface area contributed by atoms with E-state index < -0.39 is 0 Å². The van der Waals surface area contributed by atoms with Crippen molar-refractivity contribution in [2.24, 2.45) is 7.05 Å². The van der Waals surface area contributed by atoms with Gasteiger partial charge < -0.3 is 15.0 Å². The number of aromatic nitrogens is 4. The average molecular weight is 290 g/mol. The van der Waals surface area contributed by atoms with Crippen LogP contribution < -0.4 is 5.32 Å². The molecule has 20 heavy (non-hydrogen) atoms. The Morgan fingerprint density at radius 3 is 3.00 bits per heavy atom. The zero-order chi connectivity index (χ0) is 14.1. The zero-order valence-corrected chi connectivity index (χ0v) is 11.5. The Balaban J connectivity index is 1.91. The van der Waals surface area contributed by atoms with E-state index in [9.17, 15) is 5.11 Å². The lowest BCUT2D eigenvalue weighted by atomic mass is 10.2. The number of rotatable bonds is 3. The van der Waals surface area contributed by atoms with Crippen LogP contribution in [0.5, 0.6) is 5.75 Å². The molecule has 1 aromatic carbocycles. The number of aromatic hydroxyl groups is 1. The van der Waals surface area contributed by atoms with Gasteiger partial charge in [-0.3, -0.25) is 0 Å². The number of aryl methyl sites for hydroxylation is 1. The molecular formula is C13H12ClN5O. The molecule has 2 aromatic heterocycles. The molecule has 0 spiro atoms. The number of nitrogens with zero attached hydrogens (tertiary/aromatic N) is 4. The van der Waals surface area contributed by atoms with Gasteiger partial charge in [0.2, 0.25) is 5.28 Å². The summed E-state index contributed by atoms with van der Waals surface area (Å²) in [6, 6.07) is 7.01. The summed E-state index contributed by atoms with van der Waals surface area (Å²) in [5, 5.41) is 12.8. The molecule has 6 nitrogen and oxygen atoms in total. The van der Waals surface area contributed by atoms with E-state index in [0.29, 0.717) is 23.5 Å². The first-order valence-corrected chi connectivity index (χ1v) is 6.37. The molecule has 0 bridgehead atoms. The fourth-order valence-corrected chi connectivity index (χ4v) is 2.12. The maximum Gasteiger partial charge on any atom is 0.226 e. The Bertz CT molecular complexity index is 771. The quantitative estimate of drug-likeness (QED) is 0.724. The van der Waals surface area contributed by atoms with Crippen molar-refractivity contribution in [3.63, 3.8) is 0 Å². The number of fused-ring (bicyclic) bond motifs is 1. The fourth-order valence-electron chi connectivity index (χ4n) is 1.96. The summed E-state index contributed by atoms with van der Waals surface area (Å²) in [5.41, 5.74) is 2.27. The van der Waals surface area contributed by atoms with Crippen LogP contribution >= 0.6 is 11.6 Å². The van der Waals surface area contributed by atoms with Crippen molar-refractivity contribution >= 4 is 28.6 Å². The summed E-state index contributed by atoms with van der Waals surface area (Å²) < 4.78 is 1.78. The van der Waals surface area contributed by atoms with Gasteiger partial charge in [-0.2, -0.15) is 9.97 Å². The standard InChI is InChI=1S/C13H12ClN5O/c1-19-7-16-10-11(17-13(14)18-12(10)19)15-6-8-3-2-4-9(20)5-8/h2-5,7,20H,6H2,1H3,(H,15,17,18). The summed E-state index contributed by atoms with van der Waals surface area (Å²) in [6.07, 6.45) is 1.66. The van der Waals surface area contributed by atoms with E-state index >= 15 is 0 Å². The van der Waals surface area contributed by atoms with Gasteiger partial charge in [0.1, 0.15) is 5.75 Å². The maximum atomic E-state index is 9.44. The lowest BCUT2D eigenvalue weighted by Crippen LogP contribution is -2.03. The highest BCUT2D eigenvalue weighted by Crippen LogP contribution is 2.21. The molecule has 0 fully saturated rings. The number of hydrogen-bond donors (Lipinski definition) is 2. The van der Waals surface area contributed by atoms with Crippen molar-refractivity contribution in [2.75, 3.05) is 5.32 Å². The van der Waals surface area contributed by atoms with E-state index in [1.54, 1.807) is 29.1 Å². The molecule has 7 heteroatoms. The Morgan fingerprint density at radius 2 is 2.20 bits per heavy atom. The van der Waals surface area contributed by atoms with Gasteiger partial charge in [0.25, 0.3) is 0 Å². The number of benzene rings is 1. The normalized spacial score (nSPS) is 10.9. The monoisotopic (exact) mass is 289 g/mol. The van der Waals surface area contributed by atoms with E-state index in [-0.39, 0.29) is 11.0 Å². The minimum absolute atomic E-state index is 0.166. The highest BCUT2D eigenvalue weighted by Gasteiger charge is 2.10. The van der Waals surface area contributed by atoms with Gasteiger partial charge in [0, 0.05) is 13.6 Å². The third-order valence-electron chi connectivity index (χ3n) is 2.90. The van der Waals surface area contributed by atoms with Crippen LogP contribution in [0.4, 0.5) is 5.82 Å². The largest absolute Gasteiger partial charge is 0.508 e. The number of anilines is 1. The highest BCUT2D eigenvalue weighted by atomic mass is 35.5. The molecular weight excluding hydrogens is 278 g/mol. The van der Waals surface area contributed by atoms with E-state index in [1.165, 1.54) is 0 Å². The van der Waals surface area contributed by atoms with E-state index in [2.05, 4.69) is 20.3 Å². The lowest BCUT2D eigenvalue weighted by Gasteiger charge is -2.07. The first-order chi connectivity index (χ1) is 9.63. The fraction of sp³-hybridized carbons (Fsp3) is 0.154. The Hall–Kier alpha value is -2.34. The number of halogens is 1. The van der Waals surface area contributed by atoms with E-state index in [1.807, 2.05) is 13.1 Å². The summed E-state index contributed by atoms with van der Waals surface area (Å²) >= 11 is 5.92. The van der Waals surface area contributed by atoms with Gasteiger partial charge >= 0.3 is 0 Å². The van der Waals surface area contributed by atoms with Crippen LogP contribution in [0.3, 0.4) is 0 Å². The van der Waals surface area contributed by atoms with E-state index in [0.717, 1.165) is 5.56 Å². The predicted octanol–water partition coefficient (Wildman–Crippen LogP) is 2.33. The van der Waals surface area contributed by atoms with Crippen molar-refractivity contribution in [3.05, 3.63) is 41.4 Å². The molecule has 0 aliphatic heterocycles. The topological polar surface area (TPSA) is 75.9 Å². The number of hydrogen-bond acceptors (Lipinski definition) is 5. The minimum atomic E-state index is 0.166. The predicted molar refractivity (Wildman–Crippen MR) is 76.7 cm³/mol. The van der Waals surface area contributed by atoms with Crippen molar-refractivity contribution in [1.29, 1.82) is 0 Å². The van der Waals surface area contributed by atoms with Crippen LogP contribution in [0.2, 0.25) is 5.28 Å². The summed E-state index contributed by atoms with van der Waals surface area (Å²) in [6.45, 7) is 0.507. The SMILES string of the molecule is Cn1cnc2c(NCc3cccc(O)c3)nc(Cl)nc21. The Morgan fingerprint density at radius 1 is 1.35 bits per heavy atom. The Labute approximate surface area is 120 Å². The molecule has 2 heterocycles. The first-order valence-electron chi connectivity index (χ1n) is 6.00. The number of nitrogens with one attached hydrogen (secondary N) is 1. The molecule has 0 amide bonds. The average Bonchev–Trinajstić information content (AvgIpc) is 2.78. The summed E-state index contributed by atoms with van der Waals surface area (Å²) in [4.78, 5) is 12.6. The summed E-state index contributed by atoms with van der Waals surface area (Å²) in [5.74, 6) is 0.803. The maximum absolute atomic E-state index is 9.44. The van der Waals surface area contributed by atoms with Crippen molar-refractivity contribution in [2.45, 2.75) is 6.54 Å². The van der Waals surface area contributed by atoms with Crippen LogP contribution in [0.15, 0.2) is 30.6 Å². The molecule has 3 aromatic rings. The van der Waals surface area contributed by atoms with Gasteiger partial charge in [-0.25, -0.2) is 4.98 Å². The first kappa shape index (κ1) is 12.7. The van der Waals surface area contributed by atoms with Crippen LogP contribution in [0.1, 0.15) is 5.56 Å². The molecule has 0 saturated heterocycles. The number of imidazole rings is 1. The van der Waals surface area contributed by atoms with Crippen LogP contribution in [-0.4, -0.2) is 24.6 Å². The van der Waals surface area contributed by atoms with Gasteiger partial charge in [-0.1, -0.05) is 12.1 Å². The smallest absolute Gasteiger partial charge is 0.226 e. The minimum Gasteiger partial charge on any atom is -0.508 e. The second-order valence-electron chi connectivity index (χ2n) is 4.39. The number of phenols is 1. The molecule has 3 rings (SSSR count). The molecule has 0 aliphatic rings. The number of phenolic OH excluding ortho intramolecular Hbond substituents is 1. The van der Waals surface area contributed by atoms with E-state index in [4.69, 9.17) is 11.6 Å². The van der Waals surface area contributed by atoms with Crippen LogP contribution in [0, 0.1) is 0 Å². The van der Waals surface area contributed by atoms with Crippen LogP contribution in [0.25, 0.3) is 11.2 Å². The molecule has 0 aliphatic carbocycles. The Kier molecular flexibility index (Phi) is 3.15. The third kappa shape index (κ3) is 2.37. The second-order valence-corrected chi connectivity index (χ2v) is 4.73. The molecule has 0 radical (unpaired) electrons. The molecule has 0 unspecified atom stereocenters. The van der Waals surface area contributed by atoms with Crippen molar-refractivity contribution in [3.8, 4) is 5.75 Å². The van der Waals surface area contributed by atoms with Crippen molar-refractivity contribution < 1.29 is 5.11 Å². The molecule has 0 atom stereocenters. The third-order valence-corrected chi connectivity index (χ3v) is 3.07. The van der Waals surface area contributed by atoms with Crippen LogP contribution in [-0.2, 0) is 13.6 Å². The van der Waals surface area contributed by atoms with Gasteiger partial charge in [0.15, 0.2) is 17.0 Å². The second kappa shape index (κ2) is 4.97. The van der Waals surface area contributed by atoms with Gasteiger partial charge in [-0.05, 0) is 29.3 Å².